The first-order chi connectivity index (χ1) is 9.38. The molecule has 0 radical (unpaired) electrons. The molecule has 0 aliphatic heterocycles. The Balaban J connectivity index is 2.33. The fourth-order valence-corrected chi connectivity index (χ4v) is 1.64. The van der Waals surface area contributed by atoms with Gasteiger partial charge in [-0.3, -0.25) is 4.79 Å². The summed E-state index contributed by atoms with van der Waals surface area (Å²) in [6.45, 7) is 0. The zero-order valence-corrected chi connectivity index (χ0v) is 10.5. The molecule has 104 valence electrons. The largest absolute Gasteiger partial charge is 0.418 e. The number of rotatable bonds is 2. The number of carbonyl (C=O) groups is 1. The molecule has 1 aromatic heterocycles. The van der Waals surface area contributed by atoms with Crippen LogP contribution < -0.4 is 5.32 Å². The molecule has 1 amide bonds. The van der Waals surface area contributed by atoms with Crippen LogP contribution in [0.3, 0.4) is 0 Å². The van der Waals surface area contributed by atoms with Gasteiger partial charge in [-0.05, 0) is 30.3 Å². The van der Waals surface area contributed by atoms with E-state index in [0.29, 0.717) is 0 Å². The molecule has 20 heavy (non-hydrogen) atoms. The normalized spacial score (nSPS) is 11.2. The van der Waals surface area contributed by atoms with Gasteiger partial charge >= 0.3 is 6.18 Å². The Morgan fingerprint density at radius 3 is 2.60 bits per heavy atom. The number of hydrogen-bond acceptors (Lipinski definition) is 3. The fraction of sp³-hybridized carbons (Fsp3) is 0.0833. The van der Waals surface area contributed by atoms with E-state index in [2.05, 4.69) is 15.5 Å². The molecule has 1 N–H and O–H groups in total. The predicted molar refractivity (Wildman–Crippen MR) is 66.4 cm³/mol. The molecular weight excluding hydrogens is 295 g/mol. The smallest absolute Gasteiger partial charge is 0.320 e. The molecule has 0 aliphatic carbocycles. The summed E-state index contributed by atoms with van der Waals surface area (Å²) in [6, 6.07) is 5.87. The molecule has 0 spiro atoms. The summed E-state index contributed by atoms with van der Waals surface area (Å²) in [5.41, 5.74) is -1.50. The Hall–Kier alpha value is -2.15. The van der Waals surface area contributed by atoms with Crippen LogP contribution in [0.15, 0.2) is 36.5 Å². The van der Waals surface area contributed by atoms with Crippen LogP contribution >= 0.6 is 11.6 Å². The first-order valence-electron chi connectivity index (χ1n) is 5.34. The highest BCUT2D eigenvalue weighted by Crippen LogP contribution is 2.36. The standard InChI is InChI=1S/C12H7ClF3N3O/c13-7-3-4-9(8(6-7)12(14,15)16)18-11(20)10-2-1-5-17-19-10/h1-6H,(H,18,20). The molecule has 8 heteroatoms. The second-order valence-electron chi connectivity index (χ2n) is 3.75. The number of amides is 1. The van der Waals surface area contributed by atoms with Crippen molar-refractivity contribution in [2.45, 2.75) is 6.18 Å². The van der Waals surface area contributed by atoms with Crippen LogP contribution in [0.2, 0.25) is 5.02 Å². The Morgan fingerprint density at radius 2 is 2.00 bits per heavy atom. The van der Waals surface area contributed by atoms with Gasteiger partial charge in [-0.15, -0.1) is 5.10 Å². The van der Waals surface area contributed by atoms with Crippen LogP contribution in [-0.4, -0.2) is 16.1 Å². The summed E-state index contributed by atoms with van der Waals surface area (Å²) >= 11 is 5.54. The van der Waals surface area contributed by atoms with Crippen LogP contribution in [0.4, 0.5) is 18.9 Å². The maximum Gasteiger partial charge on any atom is 0.418 e. The zero-order chi connectivity index (χ0) is 14.8. The van der Waals surface area contributed by atoms with Crippen molar-refractivity contribution in [1.82, 2.24) is 10.2 Å². The van der Waals surface area contributed by atoms with Crippen molar-refractivity contribution in [3.8, 4) is 0 Å². The van der Waals surface area contributed by atoms with E-state index in [1.165, 1.54) is 24.4 Å². The lowest BCUT2D eigenvalue weighted by Gasteiger charge is -2.13. The van der Waals surface area contributed by atoms with Gasteiger partial charge in [-0.2, -0.15) is 18.3 Å². The van der Waals surface area contributed by atoms with E-state index in [4.69, 9.17) is 11.6 Å². The van der Waals surface area contributed by atoms with E-state index < -0.39 is 23.3 Å². The van der Waals surface area contributed by atoms with Gasteiger partial charge in [0.1, 0.15) is 0 Å². The first-order valence-corrected chi connectivity index (χ1v) is 5.71. The summed E-state index contributed by atoms with van der Waals surface area (Å²) in [6.07, 6.45) is -3.28. The number of anilines is 1. The highest BCUT2D eigenvalue weighted by molar-refractivity contribution is 6.30. The highest BCUT2D eigenvalue weighted by Gasteiger charge is 2.34. The van der Waals surface area contributed by atoms with E-state index >= 15 is 0 Å². The van der Waals surface area contributed by atoms with Crippen LogP contribution in [0, 0.1) is 0 Å². The van der Waals surface area contributed by atoms with E-state index in [0.717, 1.165) is 12.1 Å². The van der Waals surface area contributed by atoms with Gasteiger partial charge in [-0.1, -0.05) is 11.6 Å². The predicted octanol–water partition coefficient (Wildman–Crippen LogP) is 3.40. The van der Waals surface area contributed by atoms with Crippen molar-refractivity contribution in [3.63, 3.8) is 0 Å². The molecule has 0 bridgehead atoms. The third kappa shape index (κ3) is 3.24. The minimum Gasteiger partial charge on any atom is -0.320 e. The summed E-state index contributed by atoms with van der Waals surface area (Å²) in [7, 11) is 0. The summed E-state index contributed by atoms with van der Waals surface area (Å²) in [5, 5.41) is 9.06. The molecule has 0 saturated heterocycles. The molecule has 2 aromatic rings. The molecule has 0 saturated carbocycles. The molecule has 1 heterocycles. The summed E-state index contributed by atoms with van der Waals surface area (Å²) in [5.74, 6) is -0.786. The molecule has 4 nitrogen and oxygen atoms in total. The van der Waals surface area contributed by atoms with Crippen molar-refractivity contribution >= 4 is 23.2 Å². The van der Waals surface area contributed by atoms with Crippen molar-refractivity contribution in [1.29, 1.82) is 0 Å². The van der Waals surface area contributed by atoms with Gasteiger partial charge in [0.2, 0.25) is 0 Å². The molecule has 2 rings (SSSR count). The number of aromatic nitrogens is 2. The van der Waals surface area contributed by atoms with Crippen molar-refractivity contribution in [3.05, 3.63) is 52.8 Å². The number of nitrogens with zero attached hydrogens (tertiary/aromatic N) is 2. The topological polar surface area (TPSA) is 54.9 Å². The lowest BCUT2D eigenvalue weighted by molar-refractivity contribution is -0.136. The maximum atomic E-state index is 12.8. The van der Waals surface area contributed by atoms with Crippen molar-refractivity contribution in [2.24, 2.45) is 0 Å². The van der Waals surface area contributed by atoms with Gasteiger partial charge in [0.05, 0.1) is 11.3 Å². The number of benzene rings is 1. The lowest BCUT2D eigenvalue weighted by atomic mass is 10.1. The quantitative estimate of drug-likeness (QED) is 0.925. The Kier molecular flexibility index (Phi) is 3.89. The molecule has 0 aliphatic rings. The summed E-state index contributed by atoms with van der Waals surface area (Å²) in [4.78, 5) is 11.8. The van der Waals surface area contributed by atoms with Gasteiger partial charge < -0.3 is 5.32 Å². The van der Waals surface area contributed by atoms with E-state index in [1.807, 2.05) is 0 Å². The second kappa shape index (κ2) is 5.46. The highest BCUT2D eigenvalue weighted by atomic mass is 35.5. The third-order valence-electron chi connectivity index (χ3n) is 2.34. The molecule has 0 unspecified atom stereocenters. The fourth-order valence-electron chi connectivity index (χ4n) is 1.47. The molecular formula is C12H7ClF3N3O. The third-order valence-corrected chi connectivity index (χ3v) is 2.58. The SMILES string of the molecule is O=C(Nc1ccc(Cl)cc1C(F)(F)F)c1cccnn1. The first kappa shape index (κ1) is 14.3. The molecule has 1 aromatic carbocycles. The second-order valence-corrected chi connectivity index (χ2v) is 4.19. The van der Waals surface area contributed by atoms with Gasteiger partial charge in [0.25, 0.3) is 5.91 Å². The van der Waals surface area contributed by atoms with Gasteiger partial charge in [0.15, 0.2) is 5.69 Å². The Morgan fingerprint density at radius 1 is 1.25 bits per heavy atom. The van der Waals surface area contributed by atoms with Crippen molar-refractivity contribution in [2.75, 3.05) is 5.32 Å². The molecule has 0 atom stereocenters. The number of nitrogens with one attached hydrogen (secondary N) is 1. The lowest BCUT2D eigenvalue weighted by Crippen LogP contribution is -2.18. The van der Waals surface area contributed by atoms with E-state index in [-0.39, 0.29) is 10.7 Å². The number of alkyl halides is 3. The maximum absolute atomic E-state index is 12.8. The van der Waals surface area contributed by atoms with Crippen LogP contribution in [0.5, 0.6) is 0 Å². The van der Waals surface area contributed by atoms with Gasteiger partial charge in [0, 0.05) is 11.2 Å². The number of hydrogen-bond donors (Lipinski definition) is 1. The van der Waals surface area contributed by atoms with E-state index in [9.17, 15) is 18.0 Å². The number of carbonyl (C=O) groups excluding carboxylic acids is 1. The average molecular weight is 302 g/mol. The average Bonchev–Trinajstić information content (AvgIpc) is 2.40. The van der Waals surface area contributed by atoms with Crippen LogP contribution in [0.1, 0.15) is 16.1 Å². The van der Waals surface area contributed by atoms with E-state index in [1.54, 1.807) is 0 Å². The van der Waals surface area contributed by atoms with Crippen molar-refractivity contribution < 1.29 is 18.0 Å². The zero-order valence-electron chi connectivity index (χ0n) is 9.78. The van der Waals surface area contributed by atoms with Crippen LogP contribution in [0.25, 0.3) is 0 Å². The van der Waals surface area contributed by atoms with Gasteiger partial charge in [-0.25, -0.2) is 0 Å². The minimum absolute atomic E-state index is 0.0742. The molecule has 0 fully saturated rings. The Bertz CT molecular complexity index is 632. The van der Waals surface area contributed by atoms with Crippen LogP contribution in [-0.2, 0) is 6.18 Å². The summed E-state index contributed by atoms with van der Waals surface area (Å²) < 4.78 is 38.5. The monoisotopic (exact) mass is 301 g/mol. The minimum atomic E-state index is -4.63. The Labute approximate surface area is 116 Å². The number of halogens is 4.